The highest BCUT2D eigenvalue weighted by Crippen LogP contribution is 2.41. The molecule has 1 aromatic heterocycles. The van der Waals surface area contributed by atoms with Crippen LogP contribution in [0.4, 0.5) is 25.0 Å². The third kappa shape index (κ3) is 3.19. The summed E-state index contributed by atoms with van der Waals surface area (Å²) in [4.78, 5) is 44.1. The second kappa shape index (κ2) is 7.32. The molecule has 2 aromatic rings. The van der Waals surface area contributed by atoms with Gasteiger partial charge in [-0.3, -0.25) is 9.59 Å². The average Bonchev–Trinajstić information content (AvgIpc) is 2.88. The maximum atomic E-state index is 13.7. The van der Waals surface area contributed by atoms with Crippen molar-refractivity contribution < 1.29 is 23.2 Å². The topological polar surface area (TPSA) is 82.6 Å². The molecule has 2 aliphatic heterocycles. The van der Waals surface area contributed by atoms with Crippen LogP contribution in [0, 0.1) is 11.6 Å². The molecular formula is C20H17ClF2N4O3. The summed E-state index contributed by atoms with van der Waals surface area (Å²) in [6, 6.07) is 4.33. The second-order valence-electron chi connectivity index (χ2n) is 7.41. The molecular weight excluding hydrogens is 418 g/mol. The molecule has 10 heteroatoms. The summed E-state index contributed by atoms with van der Waals surface area (Å²) in [6.45, 7) is 2.25. The first kappa shape index (κ1) is 20.2. The van der Waals surface area contributed by atoms with E-state index in [1.807, 2.05) is 0 Å². The van der Waals surface area contributed by atoms with Crippen LogP contribution in [0.3, 0.4) is 0 Å². The molecule has 2 saturated heterocycles. The van der Waals surface area contributed by atoms with E-state index in [0.29, 0.717) is 19.0 Å². The van der Waals surface area contributed by atoms with Gasteiger partial charge in [0.1, 0.15) is 11.4 Å². The van der Waals surface area contributed by atoms with Gasteiger partial charge in [-0.1, -0.05) is 11.6 Å². The molecule has 1 atom stereocenters. The maximum Gasteiger partial charge on any atom is 0.332 e. The van der Waals surface area contributed by atoms with Crippen LogP contribution in [-0.2, 0) is 4.79 Å². The summed E-state index contributed by atoms with van der Waals surface area (Å²) >= 11 is 6.31. The molecule has 3 heterocycles. The number of fused-ring (bicyclic) bond motifs is 1. The van der Waals surface area contributed by atoms with Crippen LogP contribution < -0.4 is 10.2 Å². The van der Waals surface area contributed by atoms with Crippen molar-refractivity contribution >= 4 is 40.8 Å². The Balaban J connectivity index is 1.59. The number of benzene rings is 1. The zero-order chi connectivity index (χ0) is 21.6. The number of nitrogens with zero attached hydrogens (tertiary/aromatic N) is 3. The van der Waals surface area contributed by atoms with E-state index >= 15 is 0 Å². The number of rotatable bonds is 3. The number of aromatic nitrogens is 1. The number of amides is 4. The maximum absolute atomic E-state index is 13.7. The molecule has 1 unspecified atom stereocenters. The number of pyridine rings is 1. The molecule has 7 nitrogen and oxygen atoms in total. The lowest BCUT2D eigenvalue weighted by Gasteiger charge is -2.35. The van der Waals surface area contributed by atoms with Gasteiger partial charge < -0.3 is 10.2 Å². The van der Waals surface area contributed by atoms with Gasteiger partial charge in [-0.2, -0.15) is 0 Å². The van der Waals surface area contributed by atoms with Crippen molar-refractivity contribution in [3.63, 3.8) is 0 Å². The van der Waals surface area contributed by atoms with E-state index < -0.39 is 34.8 Å². The molecule has 2 aliphatic rings. The first-order chi connectivity index (χ1) is 14.2. The lowest BCUT2D eigenvalue weighted by Crippen LogP contribution is -2.49. The van der Waals surface area contributed by atoms with Crippen molar-refractivity contribution in [2.45, 2.75) is 31.7 Å². The number of hydrogen-bond acceptors (Lipinski definition) is 4. The molecule has 0 saturated carbocycles. The molecule has 156 valence electrons. The Hall–Kier alpha value is -3.07. The van der Waals surface area contributed by atoms with Gasteiger partial charge in [0.25, 0.3) is 11.8 Å². The van der Waals surface area contributed by atoms with E-state index in [-0.39, 0.29) is 22.3 Å². The molecule has 1 aromatic carbocycles. The van der Waals surface area contributed by atoms with E-state index in [1.165, 1.54) is 18.2 Å². The number of carbonyl (C=O) groups excluding carboxylic acids is 3. The van der Waals surface area contributed by atoms with Crippen molar-refractivity contribution in [3.8, 4) is 0 Å². The van der Waals surface area contributed by atoms with Crippen LogP contribution in [0.5, 0.6) is 0 Å². The van der Waals surface area contributed by atoms with Crippen molar-refractivity contribution in [1.29, 1.82) is 0 Å². The van der Waals surface area contributed by atoms with Crippen LogP contribution in [-0.4, -0.2) is 39.8 Å². The molecule has 4 amide bonds. The van der Waals surface area contributed by atoms with Crippen molar-refractivity contribution in [3.05, 3.63) is 52.8 Å². The first-order valence-electron chi connectivity index (χ1n) is 9.30. The Kier molecular flexibility index (Phi) is 4.93. The summed E-state index contributed by atoms with van der Waals surface area (Å²) in [5.74, 6) is -3.24. The zero-order valence-electron chi connectivity index (χ0n) is 15.9. The van der Waals surface area contributed by atoms with Gasteiger partial charge in [0.2, 0.25) is 0 Å². The third-order valence-electron chi connectivity index (χ3n) is 5.45. The van der Waals surface area contributed by atoms with Crippen molar-refractivity contribution in [2.75, 3.05) is 16.8 Å². The third-order valence-corrected chi connectivity index (χ3v) is 5.75. The number of carbonyl (C=O) groups is 3. The average molecular weight is 435 g/mol. The summed E-state index contributed by atoms with van der Waals surface area (Å²) in [6.07, 6.45) is 2.99. The Morgan fingerprint density at radius 3 is 2.67 bits per heavy atom. The highest BCUT2D eigenvalue weighted by molar-refractivity contribution is 6.36. The van der Waals surface area contributed by atoms with Gasteiger partial charge in [-0.05, 0) is 44.4 Å². The monoisotopic (exact) mass is 434 g/mol. The Labute approximate surface area is 175 Å². The number of nitrogens with one attached hydrogen (secondary N) is 1. The Morgan fingerprint density at radius 1 is 1.23 bits per heavy atom. The van der Waals surface area contributed by atoms with Crippen molar-refractivity contribution in [1.82, 2.24) is 9.88 Å². The second-order valence-corrected chi connectivity index (χ2v) is 7.82. The lowest BCUT2D eigenvalue weighted by atomic mass is 9.89. The highest BCUT2D eigenvalue weighted by atomic mass is 35.5. The number of hydrogen-bond donors (Lipinski definition) is 1. The van der Waals surface area contributed by atoms with Gasteiger partial charge in [0, 0.05) is 18.3 Å². The smallest absolute Gasteiger partial charge is 0.321 e. The Bertz CT molecular complexity index is 1080. The van der Waals surface area contributed by atoms with Crippen LogP contribution in [0.15, 0.2) is 30.5 Å². The van der Waals surface area contributed by atoms with E-state index in [4.69, 9.17) is 11.6 Å². The summed E-state index contributed by atoms with van der Waals surface area (Å²) < 4.78 is 26.7. The van der Waals surface area contributed by atoms with Crippen LogP contribution in [0.1, 0.15) is 36.7 Å². The minimum absolute atomic E-state index is 0.0606. The number of anilines is 2. The highest BCUT2D eigenvalue weighted by Gasteiger charge is 2.55. The fourth-order valence-corrected chi connectivity index (χ4v) is 4.11. The predicted octanol–water partition coefficient (Wildman–Crippen LogP) is 3.98. The summed E-state index contributed by atoms with van der Waals surface area (Å²) in [5, 5.41) is 2.47. The van der Waals surface area contributed by atoms with E-state index in [1.54, 1.807) is 11.8 Å². The molecule has 1 N–H and O–H groups in total. The molecule has 0 spiro atoms. The summed E-state index contributed by atoms with van der Waals surface area (Å²) in [5.41, 5.74) is -1.07. The normalized spacial score (nSPS) is 21.1. The standard InChI is InChI=1S/C20H17ClF2N4O3/c1-20-6-2-3-7-26(20)19(30)27(18(20)29)15-5-4-12(9-13(15)21)25-17(28)16-14(23)8-11(22)10-24-16/h4-5,8-10H,2-3,6-7H2,1H3,(H,25,28). The molecule has 0 aliphatic carbocycles. The zero-order valence-corrected chi connectivity index (χ0v) is 16.7. The molecule has 0 bridgehead atoms. The lowest BCUT2D eigenvalue weighted by molar-refractivity contribution is -0.125. The largest absolute Gasteiger partial charge is 0.332 e. The van der Waals surface area contributed by atoms with Crippen LogP contribution in [0.25, 0.3) is 0 Å². The minimum Gasteiger partial charge on any atom is -0.321 e. The van der Waals surface area contributed by atoms with Gasteiger partial charge in [-0.25, -0.2) is 23.5 Å². The summed E-state index contributed by atoms with van der Waals surface area (Å²) in [7, 11) is 0. The van der Waals surface area contributed by atoms with Gasteiger partial charge in [0.15, 0.2) is 11.5 Å². The van der Waals surface area contributed by atoms with Gasteiger partial charge in [-0.15, -0.1) is 0 Å². The Morgan fingerprint density at radius 2 is 2.00 bits per heavy atom. The SMILES string of the molecule is CC12CCCCN1C(=O)N(c1ccc(NC(=O)c3ncc(F)cc3F)cc1Cl)C2=O. The predicted molar refractivity (Wildman–Crippen MR) is 105 cm³/mol. The first-order valence-corrected chi connectivity index (χ1v) is 9.68. The fourth-order valence-electron chi connectivity index (χ4n) is 3.85. The number of imide groups is 1. The molecule has 0 radical (unpaired) electrons. The van der Waals surface area contributed by atoms with Crippen LogP contribution in [0.2, 0.25) is 5.02 Å². The number of urea groups is 1. The van der Waals surface area contributed by atoms with Crippen LogP contribution >= 0.6 is 11.6 Å². The van der Waals surface area contributed by atoms with E-state index in [9.17, 15) is 23.2 Å². The van der Waals surface area contributed by atoms with E-state index in [0.717, 1.165) is 23.9 Å². The van der Waals surface area contributed by atoms with Crippen molar-refractivity contribution in [2.24, 2.45) is 0 Å². The molecule has 2 fully saturated rings. The van der Waals surface area contributed by atoms with Gasteiger partial charge >= 0.3 is 6.03 Å². The minimum atomic E-state index is -1.10. The number of piperidine rings is 1. The molecule has 4 rings (SSSR count). The van der Waals surface area contributed by atoms with Gasteiger partial charge in [0.05, 0.1) is 16.9 Å². The number of halogens is 3. The quantitative estimate of drug-likeness (QED) is 0.741. The fraction of sp³-hybridized carbons (Fsp3) is 0.300. The molecule has 30 heavy (non-hydrogen) atoms. The van der Waals surface area contributed by atoms with E-state index in [2.05, 4.69) is 10.3 Å².